The van der Waals surface area contributed by atoms with Gasteiger partial charge in [-0.1, -0.05) is 60.7 Å². The fourth-order valence-corrected chi connectivity index (χ4v) is 4.02. The highest BCUT2D eigenvalue weighted by molar-refractivity contribution is 5.62. The lowest BCUT2D eigenvalue weighted by atomic mass is 9.83. The third kappa shape index (κ3) is 6.27. The second kappa shape index (κ2) is 10.4. The Labute approximate surface area is 175 Å². The van der Waals surface area contributed by atoms with E-state index in [1.807, 2.05) is 42.7 Å². The van der Waals surface area contributed by atoms with Crippen LogP contribution in [0, 0.1) is 5.92 Å². The average molecular weight is 386 g/mol. The van der Waals surface area contributed by atoms with Gasteiger partial charge in [0.1, 0.15) is 0 Å². The maximum Gasteiger partial charge on any atom is 0.0575 e. The van der Waals surface area contributed by atoms with Gasteiger partial charge in [0.2, 0.25) is 0 Å². The largest absolute Gasteiger partial charge is 0.378 e. The minimum Gasteiger partial charge on any atom is -0.378 e. The van der Waals surface area contributed by atoms with Gasteiger partial charge in [0, 0.05) is 19.0 Å². The molecule has 2 aliphatic rings. The SMILES string of the molecule is c1ccc(-c2ccncc2)cc1.c1ccc(C2CCC(OCC3CC3)CC2)cc1. The van der Waals surface area contributed by atoms with E-state index >= 15 is 0 Å². The number of nitrogens with zero attached hydrogens (tertiary/aromatic N) is 1. The Balaban J connectivity index is 0.000000150. The summed E-state index contributed by atoms with van der Waals surface area (Å²) in [6.07, 6.45) is 12.1. The molecule has 5 rings (SSSR count). The normalized spacial score (nSPS) is 21.1. The first kappa shape index (κ1) is 19.8. The van der Waals surface area contributed by atoms with E-state index in [-0.39, 0.29) is 0 Å². The van der Waals surface area contributed by atoms with Crippen LogP contribution >= 0.6 is 0 Å². The molecule has 2 aliphatic carbocycles. The predicted octanol–water partition coefficient (Wildman–Crippen LogP) is 6.89. The number of ether oxygens (including phenoxy) is 1. The van der Waals surface area contributed by atoms with Gasteiger partial charge in [-0.3, -0.25) is 4.98 Å². The third-order valence-corrected chi connectivity index (χ3v) is 6.00. The smallest absolute Gasteiger partial charge is 0.0575 e. The zero-order chi connectivity index (χ0) is 19.7. The molecule has 0 spiro atoms. The Hall–Kier alpha value is -2.45. The molecule has 2 heteroatoms. The first-order valence-electron chi connectivity index (χ1n) is 11.0. The van der Waals surface area contributed by atoms with Crippen LogP contribution in [0.15, 0.2) is 85.2 Å². The molecule has 0 amide bonds. The molecule has 0 saturated heterocycles. The van der Waals surface area contributed by atoms with Crippen molar-refractivity contribution in [3.8, 4) is 11.1 Å². The fraction of sp³-hybridized carbons (Fsp3) is 0.370. The minimum atomic E-state index is 0.551. The molecular formula is C27H31NO. The van der Waals surface area contributed by atoms with E-state index in [1.54, 1.807) is 0 Å². The topological polar surface area (TPSA) is 22.1 Å². The van der Waals surface area contributed by atoms with E-state index in [1.165, 1.54) is 55.2 Å². The Morgan fingerprint density at radius 2 is 1.24 bits per heavy atom. The Morgan fingerprint density at radius 3 is 1.86 bits per heavy atom. The number of aromatic nitrogens is 1. The molecule has 0 atom stereocenters. The number of benzene rings is 2. The van der Waals surface area contributed by atoms with Gasteiger partial charge in [-0.25, -0.2) is 0 Å². The molecule has 2 fully saturated rings. The average Bonchev–Trinajstić information content (AvgIpc) is 3.65. The van der Waals surface area contributed by atoms with Gasteiger partial charge < -0.3 is 4.74 Å². The molecule has 3 aromatic rings. The summed E-state index contributed by atoms with van der Waals surface area (Å²) in [5, 5.41) is 0. The quantitative estimate of drug-likeness (QED) is 0.477. The molecule has 0 radical (unpaired) electrons. The number of hydrogen-bond acceptors (Lipinski definition) is 2. The van der Waals surface area contributed by atoms with Crippen molar-refractivity contribution in [2.45, 2.75) is 50.5 Å². The molecular weight excluding hydrogens is 354 g/mol. The third-order valence-electron chi connectivity index (χ3n) is 6.00. The van der Waals surface area contributed by atoms with E-state index in [0.29, 0.717) is 6.10 Å². The van der Waals surface area contributed by atoms with Crippen molar-refractivity contribution in [2.75, 3.05) is 6.61 Å². The van der Waals surface area contributed by atoms with Crippen LogP contribution in [0.3, 0.4) is 0 Å². The molecule has 2 saturated carbocycles. The molecule has 0 unspecified atom stereocenters. The molecule has 29 heavy (non-hydrogen) atoms. The van der Waals surface area contributed by atoms with Crippen molar-refractivity contribution in [1.29, 1.82) is 0 Å². The predicted molar refractivity (Wildman–Crippen MR) is 120 cm³/mol. The van der Waals surface area contributed by atoms with Crippen molar-refractivity contribution in [3.05, 3.63) is 90.8 Å². The maximum atomic E-state index is 5.99. The van der Waals surface area contributed by atoms with Crippen LogP contribution in [0.25, 0.3) is 11.1 Å². The Kier molecular flexibility index (Phi) is 7.09. The van der Waals surface area contributed by atoms with E-state index in [2.05, 4.69) is 47.4 Å². The first-order chi connectivity index (χ1) is 14.4. The Bertz CT molecular complexity index is 785. The lowest BCUT2D eigenvalue weighted by Gasteiger charge is -2.28. The summed E-state index contributed by atoms with van der Waals surface area (Å²) in [5.41, 5.74) is 3.97. The summed E-state index contributed by atoms with van der Waals surface area (Å²) in [5.74, 6) is 1.68. The molecule has 1 heterocycles. The van der Waals surface area contributed by atoms with Crippen LogP contribution < -0.4 is 0 Å². The van der Waals surface area contributed by atoms with E-state index in [9.17, 15) is 0 Å². The molecule has 0 N–H and O–H groups in total. The lowest BCUT2D eigenvalue weighted by Crippen LogP contribution is -2.21. The van der Waals surface area contributed by atoms with Gasteiger partial charge in [-0.05, 0) is 79.2 Å². The monoisotopic (exact) mass is 385 g/mol. The second-order valence-electron chi connectivity index (χ2n) is 8.26. The van der Waals surface area contributed by atoms with E-state index < -0.39 is 0 Å². The van der Waals surface area contributed by atoms with Crippen LogP contribution in [0.4, 0.5) is 0 Å². The highest BCUT2D eigenvalue weighted by Gasteiger charge is 2.26. The number of rotatable bonds is 5. The van der Waals surface area contributed by atoms with E-state index in [0.717, 1.165) is 18.4 Å². The Morgan fingerprint density at radius 1 is 0.655 bits per heavy atom. The fourth-order valence-electron chi connectivity index (χ4n) is 4.02. The summed E-state index contributed by atoms with van der Waals surface area (Å²) in [6.45, 7) is 1.03. The van der Waals surface area contributed by atoms with Crippen molar-refractivity contribution in [2.24, 2.45) is 5.92 Å². The zero-order valence-corrected chi connectivity index (χ0v) is 17.1. The van der Waals surface area contributed by atoms with Crippen molar-refractivity contribution in [3.63, 3.8) is 0 Å². The van der Waals surface area contributed by atoms with Crippen molar-refractivity contribution in [1.82, 2.24) is 4.98 Å². The number of hydrogen-bond donors (Lipinski definition) is 0. The van der Waals surface area contributed by atoms with Crippen molar-refractivity contribution >= 4 is 0 Å². The highest BCUT2D eigenvalue weighted by atomic mass is 16.5. The summed E-state index contributed by atoms with van der Waals surface area (Å²) in [6, 6.07) is 25.3. The lowest BCUT2D eigenvalue weighted by molar-refractivity contribution is 0.0186. The first-order valence-corrected chi connectivity index (χ1v) is 11.0. The minimum absolute atomic E-state index is 0.551. The molecule has 0 bridgehead atoms. The summed E-state index contributed by atoms with van der Waals surface area (Å²) >= 11 is 0. The van der Waals surface area contributed by atoms with Crippen LogP contribution in [-0.2, 0) is 4.74 Å². The second-order valence-corrected chi connectivity index (χ2v) is 8.26. The summed E-state index contributed by atoms with van der Waals surface area (Å²) in [4.78, 5) is 3.97. The van der Waals surface area contributed by atoms with Crippen LogP contribution in [0.5, 0.6) is 0 Å². The van der Waals surface area contributed by atoms with Gasteiger partial charge in [0.15, 0.2) is 0 Å². The van der Waals surface area contributed by atoms with Gasteiger partial charge in [0.05, 0.1) is 6.10 Å². The van der Waals surface area contributed by atoms with Crippen LogP contribution in [0.1, 0.15) is 50.0 Å². The summed E-state index contributed by atoms with van der Waals surface area (Å²) < 4.78 is 5.99. The van der Waals surface area contributed by atoms with E-state index in [4.69, 9.17) is 4.74 Å². The molecule has 2 aromatic carbocycles. The molecule has 150 valence electrons. The highest BCUT2D eigenvalue weighted by Crippen LogP contribution is 2.35. The molecule has 0 aliphatic heterocycles. The van der Waals surface area contributed by atoms with Gasteiger partial charge >= 0.3 is 0 Å². The van der Waals surface area contributed by atoms with Gasteiger partial charge in [-0.2, -0.15) is 0 Å². The maximum absolute atomic E-state index is 5.99. The number of pyridine rings is 1. The van der Waals surface area contributed by atoms with Crippen molar-refractivity contribution < 1.29 is 4.74 Å². The molecule has 2 nitrogen and oxygen atoms in total. The standard InChI is InChI=1S/C16H22O.C11H9N/c1-2-4-14(5-3-1)15-8-10-16(11-9-15)17-12-13-6-7-13;1-2-4-10(5-3-1)11-6-8-12-9-7-11/h1-5,13,15-16H,6-12H2;1-9H. The molecule has 1 aromatic heterocycles. The van der Waals surface area contributed by atoms with Gasteiger partial charge in [0.25, 0.3) is 0 Å². The van der Waals surface area contributed by atoms with Gasteiger partial charge in [-0.15, -0.1) is 0 Å². The summed E-state index contributed by atoms with van der Waals surface area (Å²) in [7, 11) is 0. The van der Waals surface area contributed by atoms with Crippen LogP contribution in [0.2, 0.25) is 0 Å². The zero-order valence-electron chi connectivity index (χ0n) is 17.1. The van der Waals surface area contributed by atoms with Crippen LogP contribution in [-0.4, -0.2) is 17.7 Å².